The second-order valence-corrected chi connectivity index (χ2v) is 13.7. The van der Waals surface area contributed by atoms with Gasteiger partial charge in [-0.3, -0.25) is 10.1 Å². The Balaban J connectivity index is 1.23. The van der Waals surface area contributed by atoms with Crippen molar-refractivity contribution >= 4 is 73.3 Å². The third kappa shape index (κ3) is 6.94. The highest BCUT2D eigenvalue weighted by atomic mass is 35.6. The van der Waals surface area contributed by atoms with Crippen LogP contribution in [0.25, 0.3) is 16.5 Å². The number of imidazole rings is 1. The van der Waals surface area contributed by atoms with E-state index in [1.807, 2.05) is 22.9 Å². The number of amides is 2. The summed E-state index contributed by atoms with van der Waals surface area (Å²) in [7, 11) is -3.83. The number of benzene rings is 3. The van der Waals surface area contributed by atoms with Crippen LogP contribution in [0.2, 0.25) is 0 Å². The Bertz CT molecular complexity index is 1670. The molecule has 0 saturated carbocycles. The predicted molar refractivity (Wildman–Crippen MR) is 157 cm³/mol. The summed E-state index contributed by atoms with van der Waals surface area (Å²) in [6.07, 6.45) is 4.35. The van der Waals surface area contributed by atoms with Crippen molar-refractivity contribution in [2.45, 2.75) is 8.69 Å². The Hall–Kier alpha value is -3.35. The highest BCUT2D eigenvalue weighted by Gasteiger charge is 2.30. The molecule has 14 heteroatoms. The van der Waals surface area contributed by atoms with Crippen LogP contribution >= 0.6 is 34.8 Å². The number of ether oxygens (including phenoxy) is 1. The molecule has 10 nitrogen and oxygen atoms in total. The first-order chi connectivity index (χ1) is 19.5. The minimum absolute atomic E-state index is 0.107. The molecule has 1 aromatic heterocycles. The average Bonchev–Trinajstić information content (AvgIpc) is 3.50. The van der Waals surface area contributed by atoms with Crippen molar-refractivity contribution in [2.24, 2.45) is 0 Å². The van der Waals surface area contributed by atoms with Crippen molar-refractivity contribution in [1.29, 1.82) is 0 Å². The lowest BCUT2D eigenvalue weighted by Crippen LogP contribution is -2.50. The number of halogens is 3. The van der Waals surface area contributed by atoms with Gasteiger partial charge in [0.05, 0.1) is 11.2 Å². The number of aromatic nitrogens is 2. The van der Waals surface area contributed by atoms with E-state index in [1.165, 1.54) is 4.31 Å². The Morgan fingerprint density at radius 2 is 1.63 bits per heavy atom. The van der Waals surface area contributed by atoms with E-state index >= 15 is 0 Å². The molecule has 0 unspecified atom stereocenters. The molecule has 2 amide bonds. The SMILES string of the molecule is O=C(Nc1ccc2ccc(S(=O)(=O)N3CCN(C(=O)c4ccc(-n5ccnc5)cc4)CC3)cc2c1)OCC(Cl)(Cl)Cl. The number of carbonyl (C=O) groups is 2. The monoisotopic (exact) mass is 635 g/mol. The van der Waals surface area contributed by atoms with Gasteiger partial charge in [-0.05, 0) is 59.3 Å². The van der Waals surface area contributed by atoms with Gasteiger partial charge in [-0.25, -0.2) is 18.2 Å². The van der Waals surface area contributed by atoms with E-state index in [2.05, 4.69) is 10.3 Å². The maximum atomic E-state index is 13.5. The van der Waals surface area contributed by atoms with Crippen LogP contribution in [0.4, 0.5) is 10.5 Å². The smallest absolute Gasteiger partial charge is 0.411 e. The fraction of sp³-hybridized carbons (Fsp3) is 0.222. The van der Waals surface area contributed by atoms with Gasteiger partial charge in [0.25, 0.3) is 5.91 Å². The molecule has 0 radical (unpaired) electrons. The molecule has 0 atom stereocenters. The first-order valence-corrected chi connectivity index (χ1v) is 15.0. The number of piperazine rings is 1. The van der Waals surface area contributed by atoms with Crippen LogP contribution in [0.15, 0.2) is 84.3 Å². The van der Waals surface area contributed by atoms with Crippen molar-refractivity contribution in [3.05, 3.63) is 84.9 Å². The summed E-state index contributed by atoms with van der Waals surface area (Å²) in [6, 6.07) is 17.0. The van der Waals surface area contributed by atoms with E-state index < -0.39 is 26.5 Å². The maximum Gasteiger partial charge on any atom is 0.411 e. The third-order valence-corrected chi connectivity index (χ3v) is 8.73. The van der Waals surface area contributed by atoms with Crippen molar-refractivity contribution in [3.8, 4) is 5.69 Å². The molecule has 1 saturated heterocycles. The summed E-state index contributed by atoms with van der Waals surface area (Å²) in [5.74, 6) is -0.155. The minimum atomic E-state index is -3.83. The number of rotatable bonds is 6. The summed E-state index contributed by atoms with van der Waals surface area (Å²) in [6.45, 7) is 0.418. The molecule has 0 spiro atoms. The minimum Gasteiger partial charge on any atom is -0.445 e. The lowest BCUT2D eigenvalue weighted by Gasteiger charge is -2.34. The van der Waals surface area contributed by atoms with E-state index in [-0.39, 0.29) is 37.0 Å². The molecule has 5 rings (SSSR count). The Kier molecular flexibility index (Phi) is 8.44. The van der Waals surface area contributed by atoms with Crippen molar-refractivity contribution < 1.29 is 22.7 Å². The van der Waals surface area contributed by atoms with Gasteiger partial charge in [0.15, 0.2) is 0 Å². The molecule has 1 aliphatic rings. The summed E-state index contributed by atoms with van der Waals surface area (Å²) in [5, 5.41) is 3.90. The standard InChI is InChI=1S/C27H24Cl3N5O5S/c28-27(29,30)17-40-26(37)32-22-5-1-19-4-8-24(16-21(19)15-22)41(38,39)35-13-11-33(12-14-35)25(36)20-2-6-23(7-3-20)34-10-9-31-18-34/h1-10,15-16,18H,11-14,17H2,(H,32,37). The molecular formula is C27H24Cl3N5O5S. The van der Waals surface area contributed by atoms with Crippen LogP contribution < -0.4 is 5.32 Å². The van der Waals surface area contributed by atoms with Crippen LogP contribution in [0, 0.1) is 0 Å². The Labute approximate surface area is 251 Å². The second-order valence-electron chi connectivity index (χ2n) is 9.25. The normalized spacial score (nSPS) is 14.7. The van der Waals surface area contributed by atoms with Crippen molar-refractivity contribution in [3.63, 3.8) is 0 Å². The van der Waals surface area contributed by atoms with E-state index in [9.17, 15) is 18.0 Å². The van der Waals surface area contributed by atoms with Crippen molar-refractivity contribution in [2.75, 3.05) is 38.1 Å². The lowest BCUT2D eigenvalue weighted by molar-refractivity contribution is 0.0698. The zero-order chi connectivity index (χ0) is 29.2. The fourth-order valence-corrected chi connectivity index (χ4v) is 6.04. The largest absolute Gasteiger partial charge is 0.445 e. The van der Waals surface area contributed by atoms with Crippen LogP contribution in [0.5, 0.6) is 0 Å². The topological polar surface area (TPSA) is 114 Å². The molecule has 0 bridgehead atoms. The van der Waals surface area contributed by atoms with Gasteiger partial charge in [-0.15, -0.1) is 0 Å². The number of carbonyl (C=O) groups excluding carboxylic acids is 2. The highest BCUT2D eigenvalue weighted by Crippen LogP contribution is 2.27. The molecule has 2 heterocycles. The predicted octanol–water partition coefficient (Wildman–Crippen LogP) is 5.09. The third-order valence-electron chi connectivity index (χ3n) is 6.51. The first kappa shape index (κ1) is 29.2. The molecule has 3 aromatic carbocycles. The first-order valence-electron chi connectivity index (χ1n) is 12.4. The number of nitrogens with one attached hydrogen (secondary N) is 1. The molecule has 0 aliphatic carbocycles. The Morgan fingerprint density at radius 3 is 2.29 bits per heavy atom. The quantitative estimate of drug-likeness (QED) is 0.295. The average molecular weight is 637 g/mol. The fourth-order valence-electron chi connectivity index (χ4n) is 4.42. The second kappa shape index (κ2) is 11.9. The van der Waals surface area contributed by atoms with Gasteiger partial charge in [-0.2, -0.15) is 4.31 Å². The zero-order valence-corrected chi connectivity index (χ0v) is 24.5. The molecule has 1 N–H and O–H groups in total. The van der Waals surface area contributed by atoms with Gasteiger partial charge < -0.3 is 14.2 Å². The van der Waals surface area contributed by atoms with Crippen LogP contribution in [-0.2, 0) is 14.8 Å². The molecule has 1 aliphatic heterocycles. The molecule has 214 valence electrons. The maximum absolute atomic E-state index is 13.5. The summed E-state index contributed by atoms with van der Waals surface area (Å²) >= 11 is 16.8. The molecular weight excluding hydrogens is 613 g/mol. The zero-order valence-electron chi connectivity index (χ0n) is 21.4. The van der Waals surface area contributed by atoms with Crippen LogP contribution in [0.3, 0.4) is 0 Å². The van der Waals surface area contributed by atoms with Crippen LogP contribution in [-0.4, -0.2) is 75.8 Å². The van der Waals surface area contributed by atoms with Gasteiger partial charge in [0.1, 0.15) is 6.61 Å². The summed E-state index contributed by atoms with van der Waals surface area (Å²) in [5.41, 5.74) is 1.79. The number of sulfonamides is 1. The molecule has 1 fully saturated rings. The van der Waals surface area contributed by atoms with E-state index in [4.69, 9.17) is 39.5 Å². The number of hydrogen-bond donors (Lipinski definition) is 1. The van der Waals surface area contributed by atoms with E-state index in [0.29, 0.717) is 16.6 Å². The van der Waals surface area contributed by atoms with Gasteiger partial charge >= 0.3 is 6.09 Å². The number of alkyl halides is 3. The molecule has 41 heavy (non-hydrogen) atoms. The molecule has 4 aromatic rings. The number of anilines is 1. The summed E-state index contributed by atoms with van der Waals surface area (Å²) in [4.78, 5) is 30.8. The number of hydrogen-bond acceptors (Lipinski definition) is 6. The lowest BCUT2D eigenvalue weighted by atomic mass is 10.1. The van der Waals surface area contributed by atoms with E-state index in [0.717, 1.165) is 11.1 Å². The number of fused-ring (bicyclic) bond motifs is 1. The van der Waals surface area contributed by atoms with Gasteiger partial charge in [0.2, 0.25) is 13.8 Å². The number of nitrogens with zero attached hydrogens (tertiary/aromatic N) is 4. The summed E-state index contributed by atoms with van der Waals surface area (Å²) < 4.78 is 33.3. The van der Waals surface area contributed by atoms with Crippen LogP contribution in [0.1, 0.15) is 10.4 Å². The van der Waals surface area contributed by atoms with Gasteiger partial charge in [0, 0.05) is 55.5 Å². The highest BCUT2D eigenvalue weighted by molar-refractivity contribution is 7.89. The van der Waals surface area contributed by atoms with E-state index in [1.54, 1.807) is 66.0 Å². The Morgan fingerprint density at radius 1 is 0.927 bits per heavy atom. The van der Waals surface area contributed by atoms with Crippen molar-refractivity contribution in [1.82, 2.24) is 18.8 Å². The van der Waals surface area contributed by atoms with Gasteiger partial charge in [-0.1, -0.05) is 46.9 Å².